The SMILES string of the molecule is C(#Cc1cccc(C#Cc2ccc(C3=NCCN3)cc2)c1)c1ccc(C2=NCCCN2)cc1. The Kier molecular flexibility index (Phi) is 6.18. The predicted octanol–water partition coefficient (Wildman–Crippen LogP) is 3.58. The number of rotatable bonds is 2. The normalized spacial score (nSPS) is 14.4. The van der Waals surface area contributed by atoms with Crippen molar-refractivity contribution in [2.24, 2.45) is 9.98 Å². The van der Waals surface area contributed by atoms with Crippen LogP contribution < -0.4 is 10.6 Å². The van der Waals surface area contributed by atoms with Gasteiger partial charge in [-0.25, -0.2) is 0 Å². The van der Waals surface area contributed by atoms with Crippen molar-refractivity contribution in [3.63, 3.8) is 0 Å². The zero-order chi connectivity index (χ0) is 22.3. The molecule has 4 nitrogen and oxygen atoms in total. The third-order valence-electron chi connectivity index (χ3n) is 5.45. The number of hydrogen-bond acceptors (Lipinski definition) is 4. The molecule has 0 aliphatic carbocycles. The van der Waals surface area contributed by atoms with Crippen molar-refractivity contribution in [3.05, 3.63) is 106 Å². The van der Waals surface area contributed by atoms with Crippen LogP contribution in [-0.4, -0.2) is 37.9 Å². The van der Waals surface area contributed by atoms with Gasteiger partial charge < -0.3 is 10.6 Å². The Labute approximate surface area is 194 Å². The topological polar surface area (TPSA) is 48.8 Å². The highest BCUT2D eigenvalue weighted by Gasteiger charge is 2.07. The lowest BCUT2D eigenvalue weighted by Crippen LogP contribution is -2.30. The molecule has 0 radical (unpaired) electrons. The van der Waals surface area contributed by atoms with Crippen molar-refractivity contribution in [3.8, 4) is 23.7 Å². The fraction of sp³-hybridized carbons (Fsp3) is 0.172. The summed E-state index contributed by atoms with van der Waals surface area (Å²) in [4.78, 5) is 9.00. The van der Waals surface area contributed by atoms with Crippen LogP contribution >= 0.6 is 0 Å². The van der Waals surface area contributed by atoms with Crippen LogP contribution in [0.15, 0.2) is 82.8 Å². The second kappa shape index (κ2) is 9.90. The average molecular weight is 429 g/mol. The molecule has 160 valence electrons. The number of amidine groups is 2. The summed E-state index contributed by atoms with van der Waals surface area (Å²) in [6.07, 6.45) is 1.09. The molecule has 5 rings (SSSR count). The fourth-order valence-electron chi connectivity index (χ4n) is 3.70. The summed E-state index contributed by atoms with van der Waals surface area (Å²) in [7, 11) is 0. The van der Waals surface area contributed by atoms with Crippen LogP contribution in [0.2, 0.25) is 0 Å². The molecular weight excluding hydrogens is 404 g/mol. The molecule has 2 aliphatic heterocycles. The van der Waals surface area contributed by atoms with Crippen molar-refractivity contribution in [2.45, 2.75) is 6.42 Å². The molecule has 2 heterocycles. The molecule has 0 aromatic heterocycles. The highest BCUT2D eigenvalue weighted by atomic mass is 15.1. The molecule has 0 saturated carbocycles. The molecule has 3 aromatic rings. The standard InChI is InChI=1S/C29H24N4/c1-3-24(7-5-22-9-13-26(14-10-22)28-30-17-2-18-31-28)21-25(4-1)8-6-23-11-15-27(16-12-23)29-32-19-20-33-29/h1,3-4,9-16,21H,2,17-20H2,(H,30,31)(H,32,33). The minimum Gasteiger partial charge on any atom is -0.370 e. The van der Waals surface area contributed by atoms with E-state index in [-0.39, 0.29) is 0 Å². The van der Waals surface area contributed by atoms with Crippen LogP contribution in [0.25, 0.3) is 0 Å². The van der Waals surface area contributed by atoms with E-state index in [0.29, 0.717) is 0 Å². The van der Waals surface area contributed by atoms with E-state index in [0.717, 1.165) is 77.7 Å². The van der Waals surface area contributed by atoms with Gasteiger partial charge in [0.2, 0.25) is 0 Å². The zero-order valence-corrected chi connectivity index (χ0v) is 18.4. The third-order valence-corrected chi connectivity index (χ3v) is 5.45. The van der Waals surface area contributed by atoms with E-state index in [1.807, 2.05) is 48.5 Å². The Morgan fingerprint density at radius 1 is 0.545 bits per heavy atom. The zero-order valence-electron chi connectivity index (χ0n) is 18.4. The monoisotopic (exact) mass is 428 g/mol. The van der Waals surface area contributed by atoms with Crippen LogP contribution in [-0.2, 0) is 0 Å². The van der Waals surface area contributed by atoms with Gasteiger partial charge in [0.1, 0.15) is 11.7 Å². The molecular formula is C29H24N4. The fourth-order valence-corrected chi connectivity index (χ4v) is 3.70. The summed E-state index contributed by atoms with van der Waals surface area (Å²) in [5.41, 5.74) is 6.07. The summed E-state index contributed by atoms with van der Waals surface area (Å²) in [5.74, 6) is 14.9. The molecule has 33 heavy (non-hydrogen) atoms. The van der Waals surface area contributed by atoms with E-state index in [1.165, 1.54) is 0 Å². The van der Waals surface area contributed by atoms with Crippen molar-refractivity contribution >= 4 is 11.7 Å². The molecule has 2 N–H and O–H groups in total. The minimum absolute atomic E-state index is 0.842. The van der Waals surface area contributed by atoms with Gasteiger partial charge in [-0.15, -0.1) is 0 Å². The smallest absolute Gasteiger partial charge is 0.128 e. The number of hydrogen-bond donors (Lipinski definition) is 2. The van der Waals surface area contributed by atoms with E-state index in [4.69, 9.17) is 0 Å². The van der Waals surface area contributed by atoms with Gasteiger partial charge in [0.15, 0.2) is 0 Å². The van der Waals surface area contributed by atoms with E-state index in [2.05, 4.69) is 68.6 Å². The first-order valence-corrected chi connectivity index (χ1v) is 11.3. The van der Waals surface area contributed by atoms with Crippen molar-refractivity contribution in [1.82, 2.24) is 10.6 Å². The average Bonchev–Trinajstić information content (AvgIpc) is 3.43. The quantitative estimate of drug-likeness (QED) is 0.613. The molecule has 0 unspecified atom stereocenters. The van der Waals surface area contributed by atoms with Crippen LogP contribution in [0, 0.1) is 23.7 Å². The van der Waals surface area contributed by atoms with Crippen molar-refractivity contribution < 1.29 is 0 Å². The summed E-state index contributed by atoms with van der Waals surface area (Å²) in [6.45, 7) is 3.63. The predicted molar refractivity (Wildman–Crippen MR) is 135 cm³/mol. The Morgan fingerprint density at radius 3 is 1.55 bits per heavy atom. The Hall–Kier alpha value is -4.28. The lowest BCUT2D eigenvalue weighted by Gasteiger charge is -2.14. The summed E-state index contributed by atoms with van der Waals surface area (Å²) < 4.78 is 0. The van der Waals surface area contributed by atoms with Crippen LogP contribution in [0.4, 0.5) is 0 Å². The lowest BCUT2D eigenvalue weighted by molar-refractivity contribution is 0.742. The maximum Gasteiger partial charge on any atom is 0.128 e. The molecule has 2 aliphatic rings. The largest absolute Gasteiger partial charge is 0.370 e. The lowest BCUT2D eigenvalue weighted by atomic mass is 10.1. The molecule has 0 saturated heterocycles. The summed E-state index contributed by atoms with van der Waals surface area (Å²) in [5, 5.41) is 6.64. The Bertz CT molecular complexity index is 1320. The van der Waals surface area contributed by atoms with Gasteiger partial charge in [0.05, 0.1) is 6.54 Å². The summed E-state index contributed by atoms with van der Waals surface area (Å²) in [6, 6.07) is 24.5. The number of nitrogens with zero attached hydrogens (tertiary/aromatic N) is 2. The van der Waals surface area contributed by atoms with E-state index < -0.39 is 0 Å². The Balaban J connectivity index is 1.27. The molecule has 0 atom stereocenters. The van der Waals surface area contributed by atoms with Gasteiger partial charge in [-0.3, -0.25) is 9.98 Å². The maximum atomic E-state index is 4.54. The van der Waals surface area contributed by atoms with Gasteiger partial charge in [-0.05, 0) is 48.9 Å². The van der Waals surface area contributed by atoms with Crippen LogP contribution in [0.1, 0.15) is 39.8 Å². The van der Waals surface area contributed by atoms with E-state index >= 15 is 0 Å². The Morgan fingerprint density at radius 2 is 1.06 bits per heavy atom. The van der Waals surface area contributed by atoms with Crippen LogP contribution in [0.5, 0.6) is 0 Å². The molecule has 4 heteroatoms. The number of benzene rings is 3. The van der Waals surface area contributed by atoms with E-state index in [1.54, 1.807) is 0 Å². The highest BCUT2D eigenvalue weighted by Crippen LogP contribution is 2.09. The molecule has 0 amide bonds. The minimum atomic E-state index is 0.842. The molecule has 0 fully saturated rings. The number of aliphatic imine (C=N–C) groups is 2. The highest BCUT2D eigenvalue weighted by molar-refractivity contribution is 6.00. The summed E-state index contributed by atoms with van der Waals surface area (Å²) >= 11 is 0. The maximum absolute atomic E-state index is 4.54. The second-order valence-electron chi connectivity index (χ2n) is 7.90. The van der Waals surface area contributed by atoms with Gasteiger partial charge in [-0.2, -0.15) is 0 Å². The van der Waals surface area contributed by atoms with Crippen LogP contribution in [0.3, 0.4) is 0 Å². The third kappa shape index (κ3) is 5.32. The second-order valence-corrected chi connectivity index (χ2v) is 7.90. The van der Waals surface area contributed by atoms with E-state index in [9.17, 15) is 0 Å². The van der Waals surface area contributed by atoms with Gasteiger partial charge in [0.25, 0.3) is 0 Å². The number of nitrogens with one attached hydrogen (secondary N) is 2. The van der Waals surface area contributed by atoms with Crippen molar-refractivity contribution in [1.29, 1.82) is 0 Å². The first-order valence-electron chi connectivity index (χ1n) is 11.3. The van der Waals surface area contributed by atoms with Crippen molar-refractivity contribution in [2.75, 3.05) is 26.2 Å². The van der Waals surface area contributed by atoms with Gasteiger partial charge >= 0.3 is 0 Å². The first kappa shape index (κ1) is 20.6. The van der Waals surface area contributed by atoms with Gasteiger partial charge in [0, 0.05) is 53.0 Å². The van der Waals surface area contributed by atoms with Gasteiger partial charge in [-0.1, -0.05) is 54.0 Å². The first-order chi connectivity index (χ1) is 16.3. The molecule has 0 spiro atoms. The molecule has 0 bridgehead atoms. The molecule has 3 aromatic carbocycles.